The molecular weight excluding hydrogens is 346 g/mol. The molecular formula is C17H19NO4S2. The summed E-state index contributed by atoms with van der Waals surface area (Å²) in [7, 11) is -7.03. The molecule has 0 aliphatic carbocycles. The van der Waals surface area contributed by atoms with Gasteiger partial charge in [0.2, 0.25) is 10.0 Å². The molecule has 24 heavy (non-hydrogen) atoms. The fourth-order valence-corrected chi connectivity index (χ4v) is 7.54. The van der Waals surface area contributed by atoms with E-state index in [-0.39, 0.29) is 17.2 Å². The van der Waals surface area contributed by atoms with Crippen LogP contribution in [0.5, 0.6) is 0 Å². The summed E-state index contributed by atoms with van der Waals surface area (Å²) in [5, 5.41) is 1.26. The highest BCUT2D eigenvalue weighted by Gasteiger charge is 2.37. The van der Waals surface area contributed by atoms with Crippen molar-refractivity contribution in [2.75, 3.05) is 5.75 Å². The number of hydrogen-bond donors (Lipinski definition) is 1. The van der Waals surface area contributed by atoms with Crippen LogP contribution in [0.2, 0.25) is 0 Å². The fraction of sp³-hybridized carbons (Fsp3) is 0.412. The van der Waals surface area contributed by atoms with Gasteiger partial charge in [-0.3, -0.25) is 0 Å². The van der Waals surface area contributed by atoms with E-state index in [2.05, 4.69) is 4.72 Å². The number of benzene rings is 2. The van der Waals surface area contributed by atoms with Gasteiger partial charge in [-0.2, -0.15) is 0 Å². The van der Waals surface area contributed by atoms with E-state index in [1.54, 1.807) is 13.8 Å². The molecule has 2 aliphatic heterocycles. The summed E-state index contributed by atoms with van der Waals surface area (Å²) in [4.78, 5) is 0.586. The molecule has 2 aliphatic rings. The molecule has 0 spiro atoms. The maximum Gasteiger partial charge on any atom is 0.241 e. The zero-order valence-corrected chi connectivity index (χ0v) is 15.7. The molecule has 0 amide bonds. The first-order chi connectivity index (χ1) is 11.1. The average Bonchev–Trinajstić information content (AvgIpc) is 2.48. The first kappa shape index (κ1) is 16.1. The van der Waals surface area contributed by atoms with Crippen molar-refractivity contribution >= 4 is 30.6 Å². The topological polar surface area (TPSA) is 80.3 Å². The molecule has 2 heterocycles. The van der Waals surface area contributed by atoms with E-state index in [1.165, 1.54) is 0 Å². The predicted octanol–water partition coefficient (Wildman–Crippen LogP) is 2.20. The number of sulfone groups is 1. The van der Waals surface area contributed by atoms with Gasteiger partial charge in [0.1, 0.15) is 0 Å². The van der Waals surface area contributed by atoms with Gasteiger partial charge in [-0.25, -0.2) is 21.6 Å². The summed E-state index contributed by atoms with van der Waals surface area (Å²) in [6, 6.07) is 0. The van der Waals surface area contributed by atoms with Crippen LogP contribution in [0.15, 0.2) is 9.79 Å². The minimum atomic E-state index is -3.63. The maximum absolute atomic E-state index is 12.8. The van der Waals surface area contributed by atoms with E-state index in [0.717, 1.165) is 22.3 Å². The van der Waals surface area contributed by atoms with Crippen LogP contribution in [0.3, 0.4) is 0 Å². The zero-order valence-electron chi connectivity index (χ0n) is 14.1. The van der Waals surface area contributed by atoms with Gasteiger partial charge in [-0.05, 0) is 67.5 Å². The maximum atomic E-state index is 12.8. The van der Waals surface area contributed by atoms with Crippen LogP contribution in [0.25, 0.3) is 10.8 Å². The Kier molecular flexibility index (Phi) is 3.07. The molecule has 0 atom stereocenters. The van der Waals surface area contributed by atoms with Crippen LogP contribution < -0.4 is 4.72 Å². The monoisotopic (exact) mass is 365 g/mol. The van der Waals surface area contributed by atoms with Gasteiger partial charge in [0.15, 0.2) is 9.84 Å². The van der Waals surface area contributed by atoms with Crippen molar-refractivity contribution < 1.29 is 16.8 Å². The van der Waals surface area contributed by atoms with Gasteiger partial charge in [-0.15, -0.1) is 0 Å². The molecule has 2 aromatic rings. The molecule has 0 aromatic heterocycles. The Morgan fingerprint density at radius 2 is 1.29 bits per heavy atom. The minimum Gasteiger partial charge on any atom is -0.224 e. The Morgan fingerprint density at radius 1 is 0.750 bits per heavy atom. The first-order valence-corrected chi connectivity index (χ1v) is 11.0. The molecule has 0 fully saturated rings. The van der Waals surface area contributed by atoms with Gasteiger partial charge in [-0.1, -0.05) is 0 Å². The lowest BCUT2D eigenvalue weighted by Gasteiger charge is -2.30. The molecule has 1 N–H and O–H groups in total. The van der Waals surface area contributed by atoms with Gasteiger partial charge >= 0.3 is 0 Å². The van der Waals surface area contributed by atoms with Crippen molar-refractivity contribution in [2.45, 2.75) is 50.5 Å². The summed E-state index contributed by atoms with van der Waals surface area (Å²) < 4.78 is 53.5. The summed E-state index contributed by atoms with van der Waals surface area (Å²) >= 11 is 0. The third-order valence-corrected chi connectivity index (χ3v) is 9.10. The van der Waals surface area contributed by atoms with Gasteiger partial charge in [0.05, 0.1) is 15.5 Å². The fourth-order valence-electron chi connectivity index (χ4n) is 4.18. The van der Waals surface area contributed by atoms with Crippen LogP contribution in [0, 0.1) is 27.7 Å². The third-order valence-electron chi connectivity index (χ3n) is 5.66. The zero-order chi connectivity index (χ0) is 17.6. The van der Waals surface area contributed by atoms with E-state index in [9.17, 15) is 16.8 Å². The van der Waals surface area contributed by atoms with Crippen LogP contribution in [0.1, 0.15) is 33.4 Å². The second kappa shape index (κ2) is 4.59. The normalized spacial score (nSPS) is 20.3. The lowest BCUT2D eigenvalue weighted by atomic mass is 9.86. The van der Waals surface area contributed by atoms with Crippen molar-refractivity contribution in [1.29, 1.82) is 0 Å². The highest BCUT2D eigenvalue weighted by molar-refractivity contribution is 7.92. The highest BCUT2D eigenvalue weighted by atomic mass is 32.2. The Balaban J connectivity index is 2.46. The van der Waals surface area contributed by atoms with Crippen molar-refractivity contribution in [3.8, 4) is 0 Å². The number of rotatable bonds is 0. The van der Waals surface area contributed by atoms with E-state index < -0.39 is 19.9 Å². The standard InChI is InChI=1S/C17H19NO4S2/c1-8-9(2)13-7-18-24(21,22)17-11(4)10(3)16-14(15(13)17)12(8)5-6-23(16,19)20/h18H,5-7H2,1-4H3. The lowest BCUT2D eigenvalue weighted by Crippen LogP contribution is -2.31. The smallest absolute Gasteiger partial charge is 0.224 e. The van der Waals surface area contributed by atoms with E-state index >= 15 is 0 Å². The summed E-state index contributed by atoms with van der Waals surface area (Å²) in [5.41, 5.74) is 5.10. The number of nitrogens with one attached hydrogen (secondary N) is 1. The SMILES string of the molecule is Cc1c(C)c2c3c(c(C)c(C)c4c3c1CCS4(=O)=O)S(=O)(=O)NC2. The second-order valence-corrected chi connectivity index (χ2v) is 10.5. The van der Waals surface area contributed by atoms with Crippen LogP contribution >= 0.6 is 0 Å². The van der Waals surface area contributed by atoms with Crippen molar-refractivity contribution in [3.63, 3.8) is 0 Å². The van der Waals surface area contributed by atoms with Gasteiger partial charge < -0.3 is 0 Å². The van der Waals surface area contributed by atoms with Crippen molar-refractivity contribution in [1.82, 2.24) is 4.72 Å². The molecule has 0 bridgehead atoms. The van der Waals surface area contributed by atoms with Crippen LogP contribution in [-0.4, -0.2) is 22.6 Å². The Hall–Kier alpha value is -1.44. The molecule has 0 saturated heterocycles. The number of sulfonamides is 1. The van der Waals surface area contributed by atoms with E-state index in [4.69, 9.17) is 0 Å². The van der Waals surface area contributed by atoms with Crippen LogP contribution in [-0.2, 0) is 32.8 Å². The molecule has 4 rings (SSSR count). The summed E-state index contributed by atoms with van der Waals surface area (Å²) in [5.74, 6) is 0.0827. The first-order valence-electron chi connectivity index (χ1n) is 7.88. The van der Waals surface area contributed by atoms with Crippen molar-refractivity contribution in [2.24, 2.45) is 0 Å². The van der Waals surface area contributed by atoms with Gasteiger partial charge in [0, 0.05) is 17.3 Å². The Bertz CT molecular complexity index is 1070. The molecule has 0 radical (unpaired) electrons. The molecule has 128 valence electrons. The lowest BCUT2D eigenvalue weighted by molar-refractivity contribution is 0.577. The molecule has 0 unspecified atom stereocenters. The van der Waals surface area contributed by atoms with E-state index in [0.29, 0.717) is 33.2 Å². The van der Waals surface area contributed by atoms with Crippen LogP contribution in [0.4, 0.5) is 0 Å². The average molecular weight is 365 g/mol. The molecule has 0 saturated carbocycles. The molecule has 7 heteroatoms. The third kappa shape index (κ3) is 1.78. The number of aryl methyl sites for hydroxylation is 1. The largest absolute Gasteiger partial charge is 0.241 e. The Morgan fingerprint density at radius 3 is 1.96 bits per heavy atom. The minimum absolute atomic E-state index is 0.0827. The van der Waals surface area contributed by atoms with E-state index in [1.807, 2.05) is 13.8 Å². The highest BCUT2D eigenvalue weighted by Crippen LogP contribution is 2.45. The van der Waals surface area contributed by atoms with Crippen molar-refractivity contribution in [3.05, 3.63) is 33.4 Å². The number of hydrogen-bond acceptors (Lipinski definition) is 4. The second-order valence-electron chi connectivity index (χ2n) is 6.76. The van der Waals surface area contributed by atoms with Gasteiger partial charge in [0.25, 0.3) is 0 Å². The molecule has 5 nitrogen and oxygen atoms in total. The summed E-state index contributed by atoms with van der Waals surface area (Å²) in [6.07, 6.45) is 0.439. The quantitative estimate of drug-likeness (QED) is 0.776. The summed E-state index contributed by atoms with van der Waals surface area (Å²) in [6.45, 7) is 7.61. The molecule has 2 aromatic carbocycles. The predicted molar refractivity (Wildman–Crippen MR) is 92.7 cm³/mol. The Labute approximate surface area is 142 Å².